The van der Waals surface area contributed by atoms with Gasteiger partial charge in [-0.05, 0) is 38.5 Å². The van der Waals surface area contributed by atoms with Gasteiger partial charge in [0.05, 0.1) is 18.4 Å². The van der Waals surface area contributed by atoms with E-state index in [-0.39, 0.29) is 30.3 Å². The number of unbranched alkanes of at least 4 members (excludes halogenated alkanes) is 2. The molecule has 156 valence electrons. The van der Waals surface area contributed by atoms with Crippen molar-refractivity contribution < 1.29 is 22.7 Å². The molecule has 28 heavy (non-hydrogen) atoms. The number of carbonyl (C=O) groups is 2. The second-order valence-electron chi connectivity index (χ2n) is 7.54. The lowest BCUT2D eigenvalue weighted by Gasteiger charge is -2.14. The van der Waals surface area contributed by atoms with Crippen molar-refractivity contribution in [1.29, 1.82) is 0 Å². The monoisotopic (exact) mass is 412 g/mol. The van der Waals surface area contributed by atoms with Crippen molar-refractivity contribution in [3.63, 3.8) is 0 Å². The first kappa shape index (κ1) is 20.7. The quantitative estimate of drug-likeness (QED) is 0.355. The summed E-state index contributed by atoms with van der Waals surface area (Å²) < 4.78 is 32.9. The summed E-state index contributed by atoms with van der Waals surface area (Å²) in [6.45, 7) is 3.04. The summed E-state index contributed by atoms with van der Waals surface area (Å²) in [4.78, 5) is 27.0. The summed E-state index contributed by atoms with van der Waals surface area (Å²) in [5, 5.41) is 2.22. The number of hydrogen-bond acceptors (Lipinski definition) is 5. The summed E-state index contributed by atoms with van der Waals surface area (Å²) in [7, 11) is -3.41. The van der Waals surface area contributed by atoms with Crippen molar-refractivity contribution in [2.45, 2.75) is 45.1 Å². The van der Waals surface area contributed by atoms with E-state index in [4.69, 9.17) is 4.74 Å². The number of nitrogens with one attached hydrogen (secondary N) is 3. The maximum absolute atomic E-state index is 12.3. The second kappa shape index (κ2) is 8.95. The molecule has 2 aliphatic rings. The number of sulfonamides is 1. The number of ether oxygens (including phenoxy) is 1. The first-order chi connectivity index (χ1) is 13.3. The van der Waals surface area contributed by atoms with Gasteiger partial charge in [-0.2, -0.15) is 0 Å². The summed E-state index contributed by atoms with van der Waals surface area (Å²) >= 11 is 0. The van der Waals surface area contributed by atoms with Crippen LogP contribution in [0.15, 0.2) is 12.3 Å². The van der Waals surface area contributed by atoms with Crippen LogP contribution in [0.25, 0.3) is 0 Å². The molecule has 3 N–H and O–H groups in total. The number of nitrogens with zero attached hydrogens (tertiary/aromatic N) is 1. The van der Waals surface area contributed by atoms with E-state index in [1.807, 2.05) is 6.07 Å². The van der Waals surface area contributed by atoms with Crippen molar-refractivity contribution in [3.05, 3.63) is 18.0 Å². The Labute approximate surface area is 165 Å². The molecular formula is C18H28N4O5S. The Bertz CT molecular complexity index is 803. The van der Waals surface area contributed by atoms with Crippen molar-refractivity contribution >= 4 is 22.0 Å². The van der Waals surface area contributed by atoms with Gasteiger partial charge in [-0.15, -0.1) is 0 Å². The van der Waals surface area contributed by atoms with E-state index >= 15 is 0 Å². The highest BCUT2D eigenvalue weighted by molar-refractivity contribution is 7.89. The zero-order chi connectivity index (χ0) is 20.1. The molecule has 2 heterocycles. The lowest BCUT2D eigenvalue weighted by molar-refractivity contribution is -0.118. The number of aromatic nitrogens is 1. The molecule has 3 amide bonds. The standard InChI is InChI=1S/C18H28N4O5S/c1-13(16-9-15(10-19-16)27-12-14-5-6-14)21-28(25,26)8-4-2-3-7-22-11-17(23)20-18(22)24/h9-10,13-14,19,21H,2-8,11-12H2,1H3,(H,20,23,24). The lowest BCUT2D eigenvalue weighted by atomic mass is 10.2. The molecule has 9 nitrogen and oxygen atoms in total. The first-order valence-corrected chi connectivity index (χ1v) is 11.4. The summed E-state index contributed by atoms with van der Waals surface area (Å²) in [5.41, 5.74) is 0.763. The molecule has 0 spiro atoms. The minimum absolute atomic E-state index is 0.0220. The third-order valence-corrected chi connectivity index (χ3v) is 6.43. The number of imide groups is 1. The summed E-state index contributed by atoms with van der Waals surface area (Å²) in [6, 6.07) is 1.08. The Kier molecular flexibility index (Phi) is 6.61. The molecule has 1 atom stereocenters. The van der Waals surface area contributed by atoms with E-state index in [2.05, 4.69) is 15.0 Å². The van der Waals surface area contributed by atoms with Crippen LogP contribution in [-0.2, 0) is 14.8 Å². The van der Waals surface area contributed by atoms with Crippen LogP contribution in [0.4, 0.5) is 4.79 Å². The Balaban J connectivity index is 1.34. The van der Waals surface area contributed by atoms with Crippen molar-refractivity contribution in [2.24, 2.45) is 5.92 Å². The minimum Gasteiger partial charge on any atom is -0.492 e. The Morgan fingerprint density at radius 1 is 1.29 bits per heavy atom. The predicted octanol–water partition coefficient (Wildman–Crippen LogP) is 1.51. The zero-order valence-electron chi connectivity index (χ0n) is 16.1. The number of aromatic amines is 1. The van der Waals surface area contributed by atoms with Crippen LogP contribution in [-0.4, -0.2) is 55.7 Å². The molecule has 1 aromatic rings. The van der Waals surface area contributed by atoms with Gasteiger partial charge in [0.2, 0.25) is 15.9 Å². The molecule has 3 rings (SSSR count). The van der Waals surface area contributed by atoms with Gasteiger partial charge in [0, 0.05) is 24.5 Å². The molecule has 1 aliphatic carbocycles. The number of urea groups is 1. The fraction of sp³-hybridized carbons (Fsp3) is 0.667. The van der Waals surface area contributed by atoms with Gasteiger partial charge in [0.1, 0.15) is 12.3 Å². The Hall–Kier alpha value is -2.07. The number of rotatable bonds is 12. The topological polar surface area (TPSA) is 121 Å². The minimum atomic E-state index is -3.41. The third kappa shape index (κ3) is 6.23. The van der Waals surface area contributed by atoms with Crippen LogP contribution in [0, 0.1) is 5.92 Å². The molecule has 0 aromatic carbocycles. The fourth-order valence-electron chi connectivity index (χ4n) is 3.05. The number of amides is 3. The highest BCUT2D eigenvalue weighted by Gasteiger charge is 2.26. The molecule has 1 saturated heterocycles. The summed E-state index contributed by atoms with van der Waals surface area (Å²) in [6.07, 6.45) is 6.00. The van der Waals surface area contributed by atoms with Gasteiger partial charge in [0.25, 0.3) is 0 Å². The zero-order valence-corrected chi connectivity index (χ0v) is 16.9. The number of H-pyrrole nitrogens is 1. The third-order valence-electron chi connectivity index (χ3n) is 4.89. The van der Waals surface area contributed by atoms with Crippen LogP contribution in [0.1, 0.15) is 50.8 Å². The van der Waals surface area contributed by atoms with Crippen LogP contribution < -0.4 is 14.8 Å². The Morgan fingerprint density at radius 3 is 2.75 bits per heavy atom. The van der Waals surface area contributed by atoms with E-state index in [0.29, 0.717) is 38.3 Å². The van der Waals surface area contributed by atoms with Gasteiger partial charge >= 0.3 is 6.03 Å². The number of hydrogen-bond donors (Lipinski definition) is 3. The molecule has 1 unspecified atom stereocenters. The normalized spacial score (nSPS) is 18.4. The van der Waals surface area contributed by atoms with Crippen LogP contribution in [0.5, 0.6) is 5.75 Å². The highest BCUT2D eigenvalue weighted by Crippen LogP contribution is 2.30. The van der Waals surface area contributed by atoms with Crippen LogP contribution in [0.2, 0.25) is 0 Å². The van der Waals surface area contributed by atoms with Crippen LogP contribution >= 0.6 is 0 Å². The summed E-state index contributed by atoms with van der Waals surface area (Å²) in [5.74, 6) is 1.12. The molecule has 1 aromatic heterocycles. The molecule has 1 aliphatic heterocycles. The first-order valence-electron chi connectivity index (χ1n) is 9.72. The number of carbonyl (C=O) groups excluding carboxylic acids is 2. The van der Waals surface area contributed by atoms with Crippen molar-refractivity contribution in [2.75, 3.05) is 25.4 Å². The van der Waals surface area contributed by atoms with E-state index in [1.165, 1.54) is 17.7 Å². The van der Waals surface area contributed by atoms with Gasteiger partial charge < -0.3 is 14.6 Å². The molecule has 1 saturated carbocycles. The van der Waals surface area contributed by atoms with Gasteiger partial charge in [0.15, 0.2) is 0 Å². The maximum Gasteiger partial charge on any atom is 0.324 e. The predicted molar refractivity (Wildman–Crippen MR) is 103 cm³/mol. The molecule has 0 bridgehead atoms. The molecule has 2 fully saturated rings. The van der Waals surface area contributed by atoms with E-state index in [0.717, 1.165) is 11.4 Å². The smallest absolute Gasteiger partial charge is 0.324 e. The van der Waals surface area contributed by atoms with Crippen molar-refractivity contribution in [1.82, 2.24) is 19.9 Å². The largest absolute Gasteiger partial charge is 0.492 e. The average molecular weight is 413 g/mol. The van der Waals surface area contributed by atoms with Gasteiger partial charge in [-0.1, -0.05) is 6.42 Å². The van der Waals surface area contributed by atoms with Gasteiger partial charge in [-0.3, -0.25) is 10.1 Å². The highest BCUT2D eigenvalue weighted by atomic mass is 32.2. The van der Waals surface area contributed by atoms with Gasteiger partial charge in [-0.25, -0.2) is 17.9 Å². The molecular weight excluding hydrogens is 384 g/mol. The van der Waals surface area contributed by atoms with Crippen molar-refractivity contribution in [3.8, 4) is 5.75 Å². The average Bonchev–Trinajstić information content (AvgIpc) is 3.23. The lowest BCUT2D eigenvalue weighted by Crippen LogP contribution is -2.30. The Morgan fingerprint density at radius 2 is 2.07 bits per heavy atom. The maximum atomic E-state index is 12.3. The van der Waals surface area contributed by atoms with E-state index < -0.39 is 10.0 Å². The SMILES string of the molecule is CC(NS(=O)(=O)CCCCCN1CC(=O)NC1=O)c1cc(OCC2CC2)c[nH]1. The second-order valence-corrected chi connectivity index (χ2v) is 9.41. The van der Waals surface area contributed by atoms with E-state index in [1.54, 1.807) is 13.1 Å². The molecule has 0 radical (unpaired) electrons. The van der Waals surface area contributed by atoms with Crippen LogP contribution in [0.3, 0.4) is 0 Å². The van der Waals surface area contributed by atoms with E-state index in [9.17, 15) is 18.0 Å². The fourth-order valence-corrected chi connectivity index (χ4v) is 4.42. The molecule has 10 heteroatoms.